The van der Waals surface area contributed by atoms with Crippen molar-refractivity contribution in [1.29, 1.82) is 10.5 Å². The van der Waals surface area contributed by atoms with Crippen LogP contribution in [0.5, 0.6) is 5.75 Å². The fourth-order valence-electron chi connectivity index (χ4n) is 4.14. The number of hydrogen-bond acceptors (Lipinski definition) is 7. The summed E-state index contributed by atoms with van der Waals surface area (Å²) in [5, 5.41) is 19.8. The smallest absolute Gasteiger partial charge is 0.336 e. The molecule has 0 spiro atoms. The Bertz CT molecular complexity index is 1930. The van der Waals surface area contributed by atoms with Crippen LogP contribution in [0.25, 0.3) is 37.1 Å². The van der Waals surface area contributed by atoms with Gasteiger partial charge in [-0.1, -0.05) is 17.7 Å². The number of hydrogen-bond donors (Lipinski definition) is 0. The molecule has 182 valence electrons. The molecule has 5 aromatic rings. The highest BCUT2D eigenvalue weighted by molar-refractivity contribution is 7.22. The predicted octanol–water partition coefficient (Wildman–Crippen LogP) is 5.02. The molecule has 0 aliphatic rings. The molecule has 5 rings (SSSR count). The standard InChI is InChI=1S/C26H15ClFN5O3S/c1-36-22-8-17(18(27)9-19(22)28)23-10-20-24(37-23)25(34)33(26(35)32(20)6-2-5-29)21-13-31-12-15-4-3-14(11-30)7-16(15)21/h3-4,7-10,12-13H,2,6H2,1H3. The number of rotatable bonds is 5. The number of aromatic nitrogens is 3. The molecule has 0 unspecified atom stereocenters. The highest BCUT2D eigenvalue weighted by Crippen LogP contribution is 2.39. The van der Waals surface area contributed by atoms with Gasteiger partial charge in [0.05, 0.1) is 53.7 Å². The van der Waals surface area contributed by atoms with Crippen LogP contribution in [0.4, 0.5) is 4.39 Å². The Labute approximate surface area is 217 Å². The summed E-state index contributed by atoms with van der Waals surface area (Å²) in [7, 11) is 1.33. The molecule has 0 N–H and O–H groups in total. The number of nitriles is 2. The number of halogens is 2. The van der Waals surface area contributed by atoms with E-state index in [1.807, 2.05) is 6.07 Å². The van der Waals surface area contributed by atoms with E-state index in [9.17, 15) is 24.5 Å². The van der Waals surface area contributed by atoms with Crippen molar-refractivity contribution in [2.24, 2.45) is 0 Å². The van der Waals surface area contributed by atoms with Crippen molar-refractivity contribution in [1.82, 2.24) is 14.1 Å². The Hall–Kier alpha value is -4.51. The molecule has 0 radical (unpaired) electrons. The third kappa shape index (κ3) is 4.02. The summed E-state index contributed by atoms with van der Waals surface area (Å²) in [6.45, 7) is 0.0321. The zero-order chi connectivity index (χ0) is 26.3. The number of benzene rings is 2. The first-order valence-corrected chi connectivity index (χ1v) is 12.1. The molecule has 3 aromatic heterocycles. The number of thiophene rings is 1. The molecular weight excluding hydrogens is 517 g/mol. The van der Waals surface area contributed by atoms with Gasteiger partial charge >= 0.3 is 5.69 Å². The van der Waals surface area contributed by atoms with Crippen molar-refractivity contribution in [3.05, 3.63) is 86.0 Å². The largest absolute Gasteiger partial charge is 0.494 e. The van der Waals surface area contributed by atoms with E-state index < -0.39 is 17.1 Å². The lowest BCUT2D eigenvalue weighted by atomic mass is 10.1. The summed E-state index contributed by atoms with van der Waals surface area (Å²) in [5.74, 6) is -0.655. The van der Waals surface area contributed by atoms with Crippen molar-refractivity contribution >= 4 is 43.9 Å². The zero-order valence-electron chi connectivity index (χ0n) is 19.2. The van der Waals surface area contributed by atoms with Gasteiger partial charge in [-0.05, 0) is 30.3 Å². The van der Waals surface area contributed by atoms with Gasteiger partial charge in [0.2, 0.25) is 0 Å². The Morgan fingerprint density at radius 1 is 1.16 bits per heavy atom. The van der Waals surface area contributed by atoms with E-state index in [1.165, 1.54) is 23.9 Å². The normalized spacial score (nSPS) is 10.9. The van der Waals surface area contributed by atoms with Crippen LogP contribution < -0.4 is 16.0 Å². The Morgan fingerprint density at radius 3 is 2.70 bits per heavy atom. The quantitative estimate of drug-likeness (QED) is 0.315. The lowest BCUT2D eigenvalue weighted by molar-refractivity contribution is 0.387. The SMILES string of the molecule is COc1cc(-c2cc3c(s2)c(=O)n(-c2cncc4ccc(C#N)cc24)c(=O)n3CCC#N)c(Cl)cc1F. The highest BCUT2D eigenvalue weighted by Gasteiger charge is 2.21. The molecule has 0 saturated heterocycles. The lowest BCUT2D eigenvalue weighted by Crippen LogP contribution is -2.38. The van der Waals surface area contributed by atoms with Crippen LogP contribution in [-0.4, -0.2) is 21.2 Å². The molecule has 0 saturated carbocycles. The summed E-state index contributed by atoms with van der Waals surface area (Å²) in [4.78, 5) is 32.2. The molecule has 0 bridgehead atoms. The Balaban J connectivity index is 1.86. The molecule has 2 aromatic carbocycles. The van der Waals surface area contributed by atoms with Crippen LogP contribution in [-0.2, 0) is 6.54 Å². The van der Waals surface area contributed by atoms with Crippen molar-refractivity contribution in [2.75, 3.05) is 7.11 Å². The molecule has 0 atom stereocenters. The Morgan fingerprint density at radius 2 is 1.97 bits per heavy atom. The van der Waals surface area contributed by atoms with Gasteiger partial charge in [-0.2, -0.15) is 10.5 Å². The van der Waals surface area contributed by atoms with E-state index in [0.29, 0.717) is 32.3 Å². The first kappa shape index (κ1) is 24.2. The van der Waals surface area contributed by atoms with E-state index in [-0.39, 0.29) is 34.1 Å². The number of ether oxygens (including phenoxy) is 1. The van der Waals surface area contributed by atoms with Gasteiger partial charge in [-0.15, -0.1) is 11.3 Å². The molecular formula is C26H15ClFN5O3S. The van der Waals surface area contributed by atoms with Crippen LogP contribution in [0.15, 0.2) is 58.4 Å². The first-order chi connectivity index (χ1) is 17.9. The van der Waals surface area contributed by atoms with E-state index in [4.69, 9.17) is 16.3 Å². The van der Waals surface area contributed by atoms with E-state index in [0.717, 1.165) is 22.0 Å². The maximum Gasteiger partial charge on any atom is 0.336 e. The topological polar surface area (TPSA) is 114 Å². The first-order valence-electron chi connectivity index (χ1n) is 10.9. The highest BCUT2D eigenvalue weighted by atomic mass is 35.5. The van der Waals surface area contributed by atoms with Gasteiger partial charge in [0.1, 0.15) is 4.70 Å². The van der Waals surface area contributed by atoms with Crippen molar-refractivity contribution < 1.29 is 9.13 Å². The zero-order valence-corrected chi connectivity index (χ0v) is 20.7. The second-order valence-corrected chi connectivity index (χ2v) is 9.44. The number of aryl methyl sites for hydroxylation is 1. The second-order valence-electron chi connectivity index (χ2n) is 7.98. The molecule has 0 aliphatic heterocycles. The van der Waals surface area contributed by atoms with Crippen molar-refractivity contribution in [3.8, 4) is 34.0 Å². The van der Waals surface area contributed by atoms with Crippen LogP contribution in [0.3, 0.4) is 0 Å². The van der Waals surface area contributed by atoms with Gasteiger partial charge in [0.25, 0.3) is 5.56 Å². The maximum atomic E-state index is 14.1. The van der Waals surface area contributed by atoms with Crippen LogP contribution in [0, 0.1) is 28.5 Å². The van der Waals surface area contributed by atoms with Gasteiger partial charge in [0, 0.05) is 34.0 Å². The third-order valence-electron chi connectivity index (χ3n) is 5.89. The van der Waals surface area contributed by atoms with E-state index in [2.05, 4.69) is 11.1 Å². The minimum atomic E-state index is -0.656. The van der Waals surface area contributed by atoms with Gasteiger partial charge in [-0.3, -0.25) is 14.3 Å². The molecule has 11 heteroatoms. The van der Waals surface area contributed by atoms with Crippen LogP contribution in [0.1, 0.15) is 12.0 Å². The molecule has 0 amide bonds. The maximum absolute atomic E-state index is 14.1. The van der Waals surface area contributed by atoms with E-state index >= 15 is 0 Å². The summed E-state index contributed by atoms with van der Waals surface area (Å²) >= 11 is 7.40. The van der Waals surface area contributed by atoms with Gasteiger partial charge in [-0.25, -0.2) is 13.8 Å². The predicted molar refractivity (Wildman–Crippen MR) is 139 cm³/mol. The molecule has 3 heterocycles. The molecule has 37 heavy (non-hydrogen) atoms. The summed E-state index contributed by atoms with van der Waals surface area (Å²) < 4.78 is 21.8. The van der Waals surface area contributed by atoms with E-state index in [1.54, 1.807) is 30.5 Å². The minimum absolute atomic E-state index is 0.0220. The Kier molecular flexibility index (Phi) is 6.22. The monoisotopic (exact) mass is 531 g/mol. The number of methoxy groups -OCH3 is 1. The van der Waals surface area contributed by atoms with Gasteiger partial charge in [0.15, 0.2) is 11.6 Å². The number of fused-ring (bicyclic) bond motifs is 2. The summed E-state index contributed by atoms with van der Waals surface area (Å²) in [6, 6.07) is 13.2. The lowest BCUT2D eigenvalue weighted by Gasteiger charge is -2.12. The van der Waals surface area contributed by atoms with Crippen molar-refractivity contribution in [3.63, 3.8) is 0 Å². The third-order valence-corrected chi connectivity index (χ3v) is 7.34. The fourth-order valence-corrected chi connectivity index (χ4v) is 5.57. The van der Waals surface area contributed by atoms with Gasteiger partial charge < -0.3 is 4.74 Å². The average molecular weight is 532 g/mol. The average Bonchev–Trinajstić information content (AvgIpc) is 3.34. The molecule has 8 nitrogen and oxygen atoms in total. The van der Waals surface area contributed by atoms with Crippen LogP contribution in [0.2, 0.25) is 5.02 Å². The molecule has 0 aliphatic carbocycles. The molecule has 0 fully saturated rings. The second kappa shape index (κ2) is 9.51. The minimum Gasteiger partial charge on any atom is -0.494 e. The van der Waals surface area contributed by atoms with Crippen LogP contribution >= 0.6 is 22.9 Å². The fraction of sp³-hybridized carbons (Fsp3) is 0.115. The summed E-state index contributed by atoms with van der Waals surface area (Å²) in [6.07, 6.45) is 2.99. The number of nitrogens with zero attached hydrogens (tertiary/aromatic N) is 5. The summed E-state index contributed by atoms with van der Waals surface area (Å²) in [5.41, 5.74) is 0.0808. The number of pyridine rings is 1. The van der Waals surface area contributed by atoms with Crippen molar-refractivity contribution in [2.45, 2.75) is 13.0 Å².